The van der Waals surface area contributed by atoms with E-state index in [0.29, 0.717) is 12.1 Å². The first-order valence-corrected chi connectivity index (χ1v) is 9.07. The number of primary amides is 1. The summed E-state index contributed by atoms with van der Waals surface area (Å²) in [6, 6.07) is 5.27. The number of sulfone groups is 1. The third-order valence-electron chi connectivity index (χ3n) is 3.33. The zero-order valence-corrected chi connectivity index (χ0v) is 13.9. The average Bonchev–Trinajstić information content (AvgIpc) is 2.50. The number of carbonyl (C=O) groups is 2. The van der Waals surface area contributed by atoms with Crippen LogP contribution in [-0.2, 0) is 14.6 Å². The minimum absolute atomic E-state index is 0.0470. The van der Waals surface area contributed by atoms with Crippen molar-refractivity contribution < 1.29 is 18.0 Å². The molecule has 23 heavy (non-hydrogen) atoms. The Kier molecular flexibility index (Phi) is 7.18. The normalized spacial score (nSPS) is 12.6. The number of unbranched alkanes of at least 4 members (excludes halogenated alkanes) is 1. The highest BCUT2D eigenvalue weighted by Crippen LogP contribution is 2.13. The van der Waals surface area contributed by atoms with E-state index in [1.54, 1.807) is 0 Å². The van der Waals surface area contributed by atoms with Gasteiger partial charge in [-0.1, -0.05) is 19.8 Å². The molecule has 0 aliphatic heterocycles. The average molecular weight is 341 g/mol. The van der Waals surface area contributed by atoms with Crippen LogP contribution >= 0.6 is 0 Å². The van der Waals surface area contributed by atoms with Crippen molar-refractivity contribution in [2.75, 3.05) is 12.3 Å². The van der Waals surface area contributed by atoms with Crippen LogP contribution in [0.4, 0.5) is 0 Å². The van der Waals surface area contributed by atoms with E-state index in [4.69, 9.17) is 11.5 Å². The molecule has 7 nitrogen and oxygen atoms in total. The van der Waals surface area contributed by atoms with Crippen molar-refractivity contribution in [1.29, 1.82) is 0 Å². The van der Waals surface area contributed by atoms with Gasteiger partial charge in [0, 0.05) is 18.2 Å². The van der Waals surface area contributed by atoms with Crippen molar-refractivity contribution in [3.8, 4) is 0 Å². The first-order valence-electron chi connectivity index (χ1n) is 7.42. The molecular formula is C15H23N3O4S. The van der Waals surface area contributed by atoms with E-state index in [1.165, 1.54) is 24.3 Å². The molecule has 0 aromatic heterocycles. The Hall–Kier alpha value is -1.93. The van der Waals surface area contributed by atoms with Crippen molar-refractivity contribution in [1.82, 2.24) is 5.32 Å². The number of benzene rings is 1. The number of rotatable bonds is 9. The summed E-state index contributed by atoms with van der Waals surface area (Å²) in [6.45, 7) is 2.40. The van der Waals surface area contributed by atoms with Crippen molar-refractivity contribution in [3.63, 3.8) is 0 Å². The van der Waals surface area contributed by atoms with Gasteiger partial charge in [-0.3, -0.25) is 9.59 Å². The number of nitrogens with one attached hydrogen (secondary N) is 1. The molecule has 2 amide bonds. The Morgan fingerprint density at radius 2 is 1.83 bits per heavy atom. The molecule has 128 valence electrons. The van der Waals surface area contributed by atoms with Crippen LogP contribution < -0.4 is 16.8 Å². The molecule has 0 fully saturated rings. The van der Waals surface area contributed by atoms with E-state index in [2.05, 4.69) is 12.2 Å². The second-order valence-corrected chi connectivity index (χ2v) is 7.29. The maximum Gasteiger partial charge on any atom is 0.251 e. The molecule has 0 saturated carbocycles. The SMILES string of the molecule is CCCCC(CN)NC(=O)c1ccc(S(=O)(=O)CC(N)=O)cc1. The summed E-state index contributed by atoms with van der Waals surface area (Å²) in [5.74, 6) is -1.99. The van der Waals surface area contributed by atoms with Gasteiger partial charge in [0.15, 0.2) is 9.84 Å². The van der Waals surface area contributed by atoms with E-state index in [1.807, 2.05) is 0 Å². The van der Waals surface area contributed by atoms with E-state index in [-0.39, 0.29) is 16.8 Å². The lowest BCUT2D eigenvalue weighted by molar-refractivity contribution is -0.115. The quantitative estimate of drug-likeness (QED) is 0.590. The fourth-order valence-electron chi connectivity index (χ4n) is 2.05. The van der Waals surface area contributed by atoms with Gasteiger partial charge in [0.25, 0.3) is 5.91 Å². The van der Waals surface area contributed by atoms with Gasteiger partial charge in [0.1, 0.15) is 5.75 Å². The lowest BCUT2D eigenvalue weighted by Gasteiger charge is -2.16. The minimum atomic E-state index is -3.77. The topological polar surface area (TPSA) is 132 Å². The Bertz CT molecular complexity index is 641. The Balaban J connectivity index is 2.79. The van der Waals surface area contributed by atoms with Gasteiger partial charge in [0.2, 0.25) is 5.91 Å². The minimum Gasteiger partial charge on any atom is -0.369 e. The maximum atomic E-state index is 12.1. The molecule has 0 saturated heterocycles. The van der Waals surface area contributed by atoms with Crippen LogP contribution in [0.3, 0.4) is 0 Å². The van der Waals surface area contributed by atoms with Gasteiger partial charge < -0.3 is 16.8 Å². The van der Waals surface area contributed by atoms with Crippen LogP contribution in [-0.4, -0.2) is 38.6 Å². The molecule has 1 atom stereocenters. The number of amides is 2. The molecule has 5 N–H and O–H groups in total. The summed E-state index contributed by atoms with van der Waals surface area (Å²) in [7, 11) is -3.77. The van der Waals surface area contributed by atoms with Crippen LogP contribution in [0, 0.1) is 0 Å². The summed E-state index contributed by atoms with van der Waals surface area (Å²) in [6.07, 6.45) is 2.77. The molecule has 1 aromatic carbocycles. The van der Waals surface area contributed by atoms with Gasteiger partial charge >= 0.3 is 0 Å². The molecule has 0 bridgehead atoms. The molecule has 8 heteroatoms. The lowest BCUT2D eigenvalue weighted by atomic mass is 10.1. The van der Waals surface area contributed by atoms with E-state index in [0.717, 1.165) is 19.3 Å². The Morgan fingerprint density at radius 1 is 1.22 bits per heavy atom. The molecule has 1 unspecified atom stereocenters. The Labute approximate surface area is 136 Å². The molecule has 1 aromatic rings. The van der Waals surface area contributed by atoms with Crippen molar-refractivity contribution in [3.05, 3.63) is 29.8 Å². The van der Waals surface area contributed by atoms with Gasteiger partial charge in [-0.2, -0.15) is 0 Å². The zero-order valence-electron chi connectivity index (χ0n) is 13.1. The fraction of sp³-hybridized carbons (Fsp3) is 0.467. The third kappa shape index (κ3) is 5.99. The molecule has 1 rings (SSSR count). The van der Waals surface area contributed by atoms with E-state index in [9.17, 15) is 18.0 Å². The summed E-state index contributed by atoms with van der Waals surface area (Å²) >= 11 is 0. The number of nitrogens with two attached hydrogens (primary N) is 2. The molecule has 0 heterocycles. The summed E-state index contributed by atoms with van der Waals surface area (Å²) in [5.41, 5.74) is 10.9. The third-order valence-corrected chi connectivity index (χ3v) is 4.99. The van der Waals surface area contributed by atoms with Crippen LogP contribution in [0.2, 0.25) is 0 Å². The van der Waals surface area contributed by atoms with Gasteiger partial charge in [-0.25, -0.2) is 8.42 Å². The Morgan fingerprint density at radius 3 is 2.30 bits per heavy atom. The standard InChI is InChI=1S/C15H23N3O4S/c1-2-3-4-12(9-16)18-15(20)11-5-7-13(8-6-11)23(21,22)10-14(17)19/h5-8,12H,2-4,9-10,16H2,1H3,(H2,17,19)(H,18,20). The smallest absolute Gasteiger partial charge is 0.251 e. The van der Waals surface area contributed by atoms with Crippen LogP contribution in [0.5, 0.6) is 0 Å². The number of hydrogen-bond donors (Lipinski definition) is 3. The predicted octanol–water partition coefficient (Wildman–Crippen LogP) is 0.193. The second-order valence-electron chi connectivity index (χ2n) is 5.30. The summed E-state index contributed by atoms with van der Waals surface area (Å²) in [4.78, 5) is 22.8. The van der Waals surface area contributed by atoms with Crippen molar-refractivity contribution >= 4 is 21.7 Å². The van der Waals surface area contributed by atoms with Gasteiger partial charge in [-0.05, 0) is 30.7 Å². The maximum absolute atomic E-state index is 12.1. The second kappa shape index (κ2) is 8.64. The summed E-state index contributed by atoms with van der Waals surface area (Å²) in [5, 5.41) is 2.82. The number of hydrogen-bond acceptors (Lipinski definition) is 5. The summed E-state index contributed by atoms with van der Waals surface area (Å²) < 4.78 is 23.7. The van der Waals surface area contributed by atoms with Crippen LogP contribution in [0.15, 0.2) is 29.2 Å². The first kappa shape index (κ1) is 19.1. The molecular weight excluding hydrogens is 318 g/mol. The molecule has 0 aliphatic carbocycles. The largest absolute Gasteiger partial charge is 0.369 e. The van der Waals surface area contributed by atoms with E-state index >= 15 is 0 Å². The van der Waals surface area contributed by atoms with Gasteiger partial charge in [0.05, 0.1) is 4.90 Å². The molecule has 0 spiro atoms. The monoisotopic (exact) mass is 341 g/mol. The molecule has 0 aliphatic rings. The highest BCUT2D eigenvalue weighted by molar-refractivity contribution is 7.92. The highest BCUT2D eigenvalue weighted by Gasteiger charge is 2.18. The van der Waals surface area contributed by atoms with Crippen molar-refractivity contribution in [2.45, 2.75) is 37.1 Å². The first-order chi connectivity index (χ1) is 10.8. The van der Waals surface area contributed by atoms with E-state index < -0.39 is 21.5 Å². The van der Waals surface area contributed by atoms with Crippen LogP contribution in [0.25, 0.3) is 0 Å². The van der Waals surface area contributed by atoms with Crippen molar-refractivity contribution in [2.24, 2.45) is 11.5 Å². The fourth-order valence-corrected chi connectivity index (χ4v) is 3.14. The van der Waals surface area contributed by atoms with Crippen LogP contribution in [0.1, 0.15) is 36.5 Å². The number of carbonyl (C=O) groups excluding carboxylic acids is 2. The zero-order chi connectivity index (χ0) is 17.5. The highest BCUT2D eigenvalue weighted by atomic mass is 32.2. The van der Waals surface area contributed by atoms with Gasteiger partial charge in [-0.15, -0.1) is 0 Å². The molecule has 0 radical (unpaired) electrons. The lowest BCUT2D eigenvalue weighted by Crippen LogP contribution is -2.40. The predicted molar refractivity (Wildman–Crippen MR) is 87.5 cm³/mol.